The van der Waals surface area contributed by atoms with E-state index in [0.29, 0.717) is 11.3 Å². The van der Waals surface area contributed by atoms with Gasteiger partial charge in [0.1, 0.15) is 0 Å². The maximum atomic E-state index is 11.0. The summed E-state index contributed by atoms with van der Waals surface area (Å²) < 4.78 is 0. The number of rotatable bonds is 3. The summed E-state index contributed by atoms with van der Waals surface area (Å²) in [6.45, 7) is 0. The van der Waals surface area contributed by atoms with Crippen LogP contribution in [0, 0.1) is 5.21 Å². The minimum absolute atomic E-state index is 0.291. The van der Waals surface area contributed by atoms with Crippen molar-refractivity contribution in [3.05, 3.63) is 65.1 Å². The molecule has 0 fully saturated rings. The lowest BCUT2D eigenvalue weighted by molar-refractivity contribution is -0.991. The number of para-hydroxylation sites is 1. The molecule has 86 valence electrons. The molecule has 0 aliphatic rings. The third-order valence-corrected chi connectivity index (χ3v) is 2.31. The highest BCUT2D eigenvalue weighted by Gasteiger charge is 2.04. The van der Waals surface area contributed by atoms with Crippen LogP contribution < -0.4 is 5.23 Å². The van der Waals surface area contributed by atoms with Crippen molar-refractivity contribution in [1.29, 1.82) is 0 Å². The van der Waals surface area contributed by atoms with Gasteiger partial charge in [0.25, 0.3) is 0 Å². The third-order valence-electron chi connectivity index (χ3n) is 2.31. The van der Waals surface area contributed by atoms with Crippen molar-refractivity contribution in [2.24, 2.45) is 0 Å². The fraction of sp³-hybridized carbons (Fsp3) is 0. The van der Waals surface area contributed by atoms with Gasteiger partial charge in [-0.1, -0.05) is 18.2 Å². The van der Waals surface area contributed by atoms with E-state index in [1.54, 1.807) is 36.5 Å². The van der Waals surface area contributed by atoms with Crippen molar-refractivity contribution in [2.45, 2.75) is 0 Å². The predicted molar refractivity (Wildman–Crippen MR) is 65.4 cm³/mol. The van der Waals surface area contributed by atoms with E-state index < -0.39 is 5.23 Å². The molecule has 0 amide bonds. The first kappa shape index (κ1) is 11.5. The summed E-state index contributed by atoms with van der Waals surface area (Å²) in [5, 5.41) is 19.1. The molecule has 0 spiro atoms. The molecule has 1 unspecified atom stereocenters. The quantitative estimate of drug-likeness (QED) is 0.785. The van der Waals surface area contributed by atoms with Gasteiger partial charge in [-0.3, -0.25) is 4.98 Å². The molecule has 1 heterocycles. The predicted octanol–water partition coefficient (Wildman–Crippen LogP) is 1.66. The summed E-state index contributed by atoms with van der Waals surface area (Å²) in [5.41, 5.74) is 1.76. The molecule has 1 aromatic heterocycles. The molecule has 0 saturated carbocycles. The van der Waals surface area contributed by atoms with Crippen LogP contribution in [0.1, 0.15) is 11.3 Å². The zero-order valence-corrected chi connectivity index (χ0v) is 9.08. The van der Waals surface area contributed by atoms with E-state index in [9.17, 15) is 5.21 Å². The first-order valence-corrected chi connectivity index (χ1v) is 5.19. The summed E-state index contributed by atoms with van der Waals surface area (Å²) in [6, 6.07) is 12.5. The molecule has 4 nitrogen and oxygen atoms in total. The number of hydrogen-bond acceptors (Lipinski definition) is 3. The number of nitrogens with one attached hydrogen (secondary N) is 1. The summed E-state index contributed by atoms with van der Waals surface area (Å²) in [7, 11) is 0. The molecule has 2 rings (SSSR count). The number of nitrogens with zero attached hydrogens (tertiary/aromatic N) is 1. The second-order valence-corrected chi connectivity index (χ2v) is 3.48. The van der Waals surface area contributed by atoms with E-state index in [2.05, 4.69) is 4.98 Å². The molecular weight excluding hydrogens is 216 g/mol. The van der Waals surface area contributed by atoms with E-state index >= 15 is 0 Å². The fourth-order valence-corrected chi connectivity index (χ4v) is 1.49. The highest BCUT2D eigenvalue weighted by atomic mass is 16.8. The SMILES string of the molecule is [O-][NH+](O)c1ccccc1/C=C/c1ccccn1. The lowest BCUT2D eigenvalue weighted by atomic mass is 10.1. The van der Waals surface area contributed by atoms with Crippen LogP contribution in [0.3, 0.4) is 0 Å². The fourth-order valence-electron chi connectivity index (χ4n) is 1.49. The van der Waals surface area contributed by atoms with Gasteiger partial charge in [-0.15, -0.1) is 0 Å². The molecule has 0 aliphatic carbocycles. The molecule has 1 atom stereocenters. The van der Waals surface area contributed by atoms with Gasteiger partial charge in [0.05, 0.1) is 5.69 Å². The lowest BCUT2D eigenvalue weighted by Gasteiger charge is -2.13. The van der Waals surface area contributed by atoms with E-state index in [1.165, 1.54) is 0 Å². The van der Waals surface area contributed by atoms with E-state index in [1.807, 2.05) is 24.3 Å². The number of aromatic nitrogens is 1. The minimum atomic E-state index is -0.925. The Hall–Kier alpha value is -2.01. The average Bonchev–Trinajstić information content (AvgIpc) is 2.38. The number of quaternary nitrogens is 1. The van der Waals surface area contributed by atoms with Gasteiger partial charge in [0, 0.05) is 17.8 Å². The maximum Gasteiger partial charge on any atom is 0.171 e. The summed E-state index contributed by atoms with van der Waals surface area (Å²) >= 11 is 0. The molecule has 2 N–H and O–H groups in total. The Kier molecular flexibility index (Phi) is 3.62. The van der Waals surface area contributed by atoms with Crippen LogP contribution in [0.2, 0.25) is 0 Å². The van der Waals surface area contributed by atoms with Gasteiger partial charge < -0.3 is 5.21 Å². The van der Waals surface area contributed by atoms with Gasteiger partial charge >= 0.3 is 0 Å². The van der Waals surface area contributed by atoms with Crippen molar-refractivity contribution < 1.29 is 10.4 Å². The van der Waals surface area contributed by atoms with Gasteiger partial charge in [0.2, 0.25) is 0 Å². The smallest absolute Gasteiger partial charge is 0.171 e. The van der Waals surface area contributed by atoms with Crippen LogP contribution in [0.5, 0.6) is 0 Å². The highest BCUT2D eigenvalue weighted by Crippen LogP contribution is 2.13. The largest absolute Gasteiger partial charge is 0.595 e. The number of benzene rings is 1. The highest BCUT2D eigenvalue weighted by molar-refractivity contribution is 5.72. The van der Waals surface area contributed by atoms with Gasteiger partial charge in [0.15, 0.2) is 5.69 Å². The Morgan fingerprint density at radius 1 is 1.06 bits per heavy atom. The average molecular weight is 228 g/mol. The van der Waals surface area contributed by atoms with Crippen molar-refractivity contribution in [2.75, 3.05) is 0 Å². The molecule has 1 aromatic carbocycles. The first-order chi connectivity index (χ1) is 8.27. The molecule has 0 saturated heterocycles. The first-order valence-electron chi connectivity index (χ1n) is 5.19. The molecular formula is C13H12N2O2. The van der Waals surface area contributed by atoms with Crippen LogP contribution >= 0.6 is 0 Å². The zero-order valence-electron chi connectivity index (χ0n) is 9.08. The minimum Gasteiger partial charge on any atom is -0.595 e. The van der Waals surface area contributed by atoms with Crippen molar-refractivity contribution >= 4 is 17.8 Å². The molecule has 0 radical (unpaired) electrons. The summed E-state index contributed by atoms with van der Waals surface area (Å²) in [4.78, 5) is 4.13. The summed E-state index contributed by atoms with van der Waals surface area (Å²) in [5.74, 6) is 0. The Bertz CT molecular complexity index is 510. The lowest BCUT2D eigenvalue weighted by Crippen LogP contribution is -2.99. The molecule has 4 heteroatoms. The van der Waals surface area contributed by atoms with Crippen molar-refractivity contribution in [3.63, 3.8) is 0 Å². The van der Waals surface area contributed by atoms with Gasteiger partial charge in [-0.25, -0.2) is 5.21 Å². The molecule has 17 heavy (non-hydrogen) atoms. The topological polar surface area (TPSA) is 60.6 Å². The maximum absolute atomic E-state index is 11.0. The Morgan fingerprint density at radius 2 is 1.82 bits per heavy atom. The van der Waals surface area contributed by atoms with E-state index in [4.69, 9.17) is 5.21 Å². The van der Waals surface area contributed by atoms with Crippen LogP contribution in [0.25, 0.3) is 12.2 Å². The van der Waals surface area contributed by atoms with Crippen LogP contribution in [-0.2, 0) is 0 Å². The normalized spacial score (nSPS) is 12.8. The second-order valence-electron chi connectivity index (χ2n) is 3.48. The van der Waals surface area contributed by atoms with E-state index in [-0.39, 0.29) is 0 Å². The Balaban J connectivity index is 2.27. The third kappa shape index (κ3) is 2.98. The zero-order chi connectivity index (χ0) is 12.1. The second kappa shape index (κ2) is 5.36. The monoisotopic (exact) mass is 228 g/mol. The van der Waals surface area contributed by atoms with Crippen molar-refractivity contribution in [3.8, 4) is 0 Å². The van der Waals surface area contributed by atoms with Gasteiger partial charge in [-0.2, -0.15) is 5.23 Å². The van der Waals surface area contributed by atoms with Crippen LogP contribution in [0.4, 0.5) is 5.69 Å². The molecule has 0 bridgehead atoms. The summed E-state index contributed by atoms with van der Waals surface area (Å²) in [6.07, 6.45) is 5.25. The Morgan fingerprint density at radius 3 is 2.53 bits per heavy atom. The number of hydrogen-bond donors (Lipinski definition) is 2. The van der Waals surface area contributed by atoms with Gasteiger partial charge in [-0.05, 0) is 30.4 Å². The van der Waals surface area contributed by atoms with Crippen LogP contribution in [0.15, 0.2) is 48.7 Å². The standard InChI is InChI=1S/C13H12N2O2/c16-15(17)13-7-2-1-5-11(13)8-9-12-6-3-4-10-14-12/h1-10,15-16H/b9-8+. The molecule has 2 aromatic rings. The van der Waals surface area contributed by atoms with E-state index in [0.717, 1.165) is 5.69 Å². The Labute approximate surface area is 99.0 Å². The van der Waals surface area contributed by atoms with Crippen LogP contribution in [-0.4, -0.2) is 10.2 Å². The number of pyridine rings is 1. The van der Waals surface area contributed by atoms with Crippen molar-refractivity contribution in [1.82, 2.24) is 4.98 Å². The molecule has 0 aliphatic heterocycles.